The SMILES string of the molecule is CC1(c2cncn2CCc2ccc(F)cc2)CCNC1. The van der Waals surface area contributed by atoms with Crippen molar-refractivity contribution >= 4 is 0 Å². The minimum absolute atomic E-state index is 0.179. The van der Waals surface area contributed by atoms with Crippen LogP contribution < -0.4 is 5.32 Å². The van der Waals surface area contributed by atoms with Crippen molar-refractivity contribution < 1.29 is 4.39 Å². The van der Waals surface area contributed by atoms with Crippen molar-refractivity contribution in [2.24, 2.45) is 0 Å². The first-order valence-electron chi connectivity index (χ1n) is 7.13. The van der Waals surface area contributed by atoms with E-state index in [0.29, 0.717) is 0 Å². The van der Waals surface area contributed by atoms with E-state index in [4.69, 9.17) is 0 Å². The van der Waals surface area contributed by atoms with Crippen molar-refractivity contribution in [1.29, 1.82) is 0 Å². The summed E-state index contributed by atoms with van der Waals surface area (Å²) >= 11 is 0. The van der Waals surface area contributed by atoms with Crippen LogP contribution in [0.1, 0.15) is 24.6 Å². The maximum absolute atomic E-state index is 12.9. The molecule has 2 heterocycles. The highest BCUT2D eigenvalue weighted by Crippen LogP contribution is 2.29. The number of hydrogen-bond donors (Lipinski definition) is 1. The lowest BCUT2D eigenvalue weighted by Crippen LogP contribution is -2.28. The molecule has 4 heteroatoms. The van der Waals surface area contributed by atoms with Crippen molar-refractivity contribution in [3.63, 3.8) is 0 Å². The minimum atomic E-state index is -0.179. The second-order valence-electron chi connectivity index (χ2n) is 5.84. The summed E-state index contributed by atoms with van der Waals surface area (Å²) in [6.07, 6.45) is 5.93. The Morgan fingerprint density at radius 2 is 2.15 bits per heavy atom. The van der Waals surface area contributed by atoms with Gasteiger partial charge in [0.15, 0.2) is 0 Å². The van der Waals surface area contributed by atoms with Gasteiger partial charge in [-0.1, -0.05) is 19.1 Å². The van der Waals surface area contributed by atoms with Gasteiger partial charge in [0, 0.05) is 30.4 Å². The van der Waals surface area contributed by atoms with Crippen molar-refractivity contribution in [1.82, 2.24) is 14.9 Å². The summed E-state index contributed by atoms with van der Waals surface area (Å²) in [6.45, 7) is 5.25. The molecule has 3 rings (SSSR count). The number of halogens is 1. The van der Waals surface area contributed by atoms with E-state index in [2.05, 4.69) is 21.8 Å². The number of hydrogen-bond acceptors (Lipinski definition) is 2. The monoisotopic (exact) mass is 273 g/mol. The number of benzene rings is 1. The third-order valence-electron chi connectivity index (χ3n) is 4.25. The summed E-state index contributed by atoms with van der Waals surface area (Å²) in [4.78, 5) is 4.31. The van der Waals surface area contributed by atoms with E-state index < -0.39 is 0 Å². The van der Waals surface area contributed by atoms with Crippen LogP contribution >= 0.6 is 0 Å². The molecular formula is C16H20FN3. The molecule has 0 amide bonds. The van der Waals surface area contributed by atoms with Crippen molar-refractivity contribution in [2.45, 2.75) is 31.7 Å². The average molecular weight is 273 g/mol. The van der Waals surface area contributed by atoms with Gasteiger partial charge in [0.1, 0.15) is 5.82 Å². The molecule has 0 bridgehead atoms. The average Bonchev–Trinajstić information content (AvgIpc) is 3.08. The maximum Gasteiger partial charge on any atom is 0.123 e. The maximum atomic E-state index is 12.9. The van der Waals surface area contributed by atoms with Crippen LogP contribution in [-0.2, 0) is 18.4 Å². The minimum Gasteiger partial charge on any atom is -0.334 e. The molecule has 0 spiro atoms. The summed E-state index contributed by atoms with van der Waals surface area (Å²) in [5, 5.41) is 3.43. The topological polar surface area (TPSA) is 29.9 Å². The van der Waals surface area contributed by atoms with Gasteiger partial charge < -0.3 is 9.88 Å². The van der Waals surface area contributed by atoms with Crippen LogP contribution in [-0.4, -0.2) is 22.6 Å². The van der Waals surface area contributed by atoms with Gasteiger partial charge in [-0.25, -0.2) is 9.37 Å². The quantitative estimate of drug-likeness (QED) is 0.927. The molecule has 0 aliphatic carbocycles. The van der Waals surface area contributed by atoms with E-state index in [9.17, 15) is 4.39 Å². The Morgan fingerprint density at radius 3 is 2.85 bits per heavy atom. The molecule has 1 aliphatic heterocycles. The fourth-order valence-corrected chi connectivity index (χ4v) is 2.94. The first kappa shape index (κ1) is 13.3. The zero-order chi connectivity index (χ0) is 14.0. The Morgan fingerprint density at radius 1 is 1.35 bits per heavy atom. The van der Waals surface area contributed by atoms with Gasteiger partial charge in [-0.05, 0) is 37.1 Å². The van der Waals surface area contributed by atoms with E-state index >= 15 is 0 Å². The van der Waals surface area contributed by atoms with Crippen molar-refractivity contribution in [3.05, 3.63) is 53.9 Å². The van der Waals surface area contributed by atoms with Gasteiger partial charge >= 0.3 is 0 Å². The fraction of sp³-hybridized carbons (Fsp3) is 0.438. The lowest BCUT2D eigenvalue weighted by molar-refractivity contribution is 0.472. The predicted molar refractivity (Wildman–Crippen MR) is 77.2 cm³/mol. The molecule has 0 radical (unpaired) electrons. The zero-order valence-electron chi connectivity index (χ0n) is 11.8. The van der Waals surface area contributed by atoms with Crippen LogP contribution in [0, 0.1) is 5.82 Å². The highest BCUT2D eigenvalue weighted by atomic mass is 19.1. The third-order valence-corrected chi connectivity index (χ3v) is 4.25. The zero-order valence-corrected chi connectivity index (χ0v) is 11.8. The molecular weight excluding hydrogens is 253 g/mol. The molecule has 2 aromatic rings. The molecule has 1 aliphatic rings. The van der Waals surface area contributed by atoms with Crippen molar-refractivity contribution in [2.75, 3.05) is 13.1 Å². The van der Waals surface area contributed by atoms with E-state index in [-0.39, 0.29) is 11.2 Å². The van der Waals surface area contributed by atoms with Crippen molar-refractivity contribution in [3.8, 4) is 0 Å². The van der Waals surface area contributed by atoms with Crippen LogP contribution in [0.5, 0.6) is 0 Å². The molecule has 20 heavy (non-hydrogen) atoms. The molecule has 106 valence electrons. The lowest BCUT2D eigenvalue weighted by atomic mass is 9.86. The van der Waals surface area contributed by atoms with Crippen LogP contribution in [0.3, 0.4) is 0 Å². The number of imidazole rings is 1. The molecule has 1 aromatic carbocycles. The molecule has 1 saturated heterocycles. The number of rotatable bonds is 4. The van der Waals surface area contributed by atoms with E-state index in [1.54, 1.807) is 0 Å². The Kier molecular flexibility index (Phi) is 3.57. The largest absolute Gasteiger partial charge is 0.334 e. The number of nitrogens with zero attached hydrogens (tertiary/aromatic N) is 2. The van der Waals surface area contributed by atoms with Crippen LogP contribution in [0.15, 0.2) is 36.8 Å². The molecule has 1 unspecified atom stereocenters. The van der Waals surface area contributed by atoms with E-state index in [0.717, 1.165) is 38.0 Å². The van der Waals surface area contributed by atoms with E-state index in [1.165, 1.54) is 17.8 Å². The van der Waals surface area contributed by atoms with Crippen LogP contribution in [0.2, 0.25) is 0 Å². The van der Waals surface area contributed by atoms with Crippen LogP contribution in [0.25, 0.3) is 0 Å². The number of aromatic nitrogens is 2. The number of nitrogens with one attached hydrogen (secondary N) is 1. The lowest BCUT2D eigenvalue weighted by Gasteiger charge is -2.24. The van der Waals surface area contributed by atoms with Gasteiger partial charge in [0.05, 0.1) is 6.33 Å². The summed E-state index contributed by atoms with van der Waals surface area (Å²) in [5.74, 6) is -0.179. The van der Waals surface area contributed by atoms with E-state index in [1.807, 2.05) is 24.7 Å². The first-order chi connectivity index (χ1) is 9.67. The summed E-state index contributed by atoms with van der Waals surface area (Å²) in [7, 11) is 0. The Balaban J connectivity index is 1.72. The van der Waals surface area contributed by atoms with Crippen LogP contribution in [0.4, 0.5) is 4.39 Å². The van der Waals surface area contributed by atoms with Gasteiger partial charge in [-0.2, -0.15) is 0 Å². The van der Waals surface area contributed by atoms with Gasteiger partial charge in [0.25, 0.3) is 0 Å². The highest BCUT2D eigenvalue weighted by molar-refractivity contribution is 5.19. The molecule has 0 saturated carbocycles. The molecule has 1 aromatic heterocycles. The fourth-order valence-electron chi connectivity index (χ4n) is 2.94. The molecule has 1 atom stereocenters. The second-order valence-corrected chi connectivity index (χ2v) is 5.84. The normalized spacial score (nSPS) is 22.3. The van der Waals surface area contributed by atoms with Gasteiger partial charge in [-0.3, -0.25) is 0 Å². The summed E-state index contributed by atoms with van der Waals surface area (Å²) < 4.78 is 15.1. The standard InChI is InChI=1S/C16H20FN3/c1-16(7-8-18-11-16)15-10-19-12-20(15)9-6-13-2-4-14(17)5-3-13/h2-5,10,12,18H,6-9,11H2,1H3. The predicted octanol–water partition coefficient (Wildman–Crippen LogP) is 2.52. The smallest absolute Gasteiger partial charge is 0.123 e. The van der Waals surface area contributed by atoms with Gasteiger partial charge in [-0.15, -0.1) is 0 Å². The first-order valence-corrected chi connectivity index (χ1v) is 7.13. The second kappa shape index (κ2) is 5.37. The third kappa shape index (κ3) is 2.61. The number of aryl methyl sites for hydroxylation is 2. The molecule has 3 nitrogen and oxygen atoms in total. The summed E-state index contributed by atoms with van der Waals surface area (Å²) in [5.41, 5.74) is 2.63. The van der Waals surface area contributed by atoms with Gasteiger partial charge in [0.2, 0.25) is 0 Å². The Hall–Kier alpha value is -1.68. The highest BCUT2D eigenvalue weighted by Gasteiger charge is 2.33. The Bertz CT molecular complexity index is 568. The molecule has 1 fully saturated rings. The Labute approximate surface area is 118 Å². The molecule has 1 N–H and O–H groups in total. The summed E-state index contributed by atoms with van der Waals surface area (Å²) in [6, 6.07) is 6.74.